The summed E-state index contributed by atoms with van der Waals surface area (Å²) in [5.41, 5.74) is 0. The number of nitrogens with one attached hydrogen (secondary N) is 1. The molecule has 0 radical (unpaired) electrons. The molecule has 1 amide bonds. The molecule has 310 valence electrons. The van der Waals surface area contributed by atoms with Crippen LogP contribution in [0.2, 0.25) is 0 Å². The van der Waals surface area contributed by atoms with Crippen LogP contribution in [0.4, 0.5) is 0 Å². The number of quaternary nitrogens is 1. The van der Waals surface area contributed by atoms with Crippen LogP contribution in [0.5, 0.6) is 0 Å². The first-order valence-corrected chi connectivity index (χ1v) is 23.5. The third kappa shape index (κ3) is 37.6. The number of hydrogen-bond acceptors (Lipinski definition) is 6. The van der Waals surface area contributed by atoms with Crippen molar-refractivity contribution in [2.45, 2.75) is 219 Å². The molecule has 52 heavy (non-hydrogen) atoms. The maximum absolute atomic E-state index is 12.7. The van der Waals surface area contributed by atoms with Gasteiger partial charge in [-0.3, -0.25) is 9.36 Å². The van der Waals surface area contributed by atoms with E-state index < -0.39 is 20.0 Å². The number of unbranched alkanes of at least 4 members (excludes halogenated alkanes) is 27. The van der Waals surface area contributed by atoms with Crippen molar-refractivity contribution in [1.82, 2.24) is 5.32 Å². The Morgan fingerprint density at radius 1 is 0.654 bits per heavy atom. The van der Waals surface area contributed by atoms with Gasteiger partial charge in [0.2, 0.25) is 5.91 Å². The van der Waals surface area contributed by atoms with Crippen molar-refractivity contribution in [2.24, 2.45) is 0 Å². The smallest absolute Gasteiger partial charge is 0.268 e. The lowest BCUT2D eigenvalue weighted by atomic mass is 10.0. The van der Waals surface area contributed by atoms with Gasteiger partial charge in [-0.2, -0.15) is 0 Å². The molecule has 0 heterocycles. The normalized spacial score (nSPS) is 14.5. The Balaban J connectivity index is 3.78. The third-order valence-electron chi connectivity index (χ3n) is 9.98. The summed E-state index contributed by atoms with van der Waals surface area (Å²) in [4.78, 5) is 24.9. The summed E-state index contributed by atoms with van der Waals surface area (Å²) in [5.74, 6) is -0.206. The molecule has 0 aliphatic carbocycles. The van der Waals surface area contributed by atoms with E-state index in [1.165, 1.54) is 154 Å². The number of likely N-dealkylation sites (N-methyl/N-ethyl adjacent to an activating group) is 1. The predicted octanol–water partition coefficient (Wildman–Crippen LogP) is 11.3. The second-order valence-corrected chi connectivity index (χ2v) is 17.8. The van der Waals surface area contributed by atoms with Gasteiger partial charge in [-0.25, -0.2) is 0 Å². The molecule has 0 aromatic carbocycles. The summed E-state index contributed by atoms with van der Waals surface area (Å²) in [5, 5.41) is 13.4. The van der Waals surface area contributed by atoms with E-state index in [-0.39, 0.29) is 19.1 Å². The fraction of sp³-hybridized carbons (Fsp3) is 0.930. The van der Waals surface area contributed by atoms with Crippen LogP contribution in [-0.4, -0.2) is 68.5 Å². The molecule has 0 bridgehead atoms. The highest BCUT2D eigenvalue weighted by Gasteiger charge is 2.23. The first kappa shape index (κ1) is 51.2. The molecule has 0 saturated carbocycles. The van der Waals surface area contributed by atoms with E-state index in [0.717, 1.165) is 32.1 Å². The highest BCUT2D eigenvalue weighted by Crippen LogP contribution is 2.38. The maximum atomic E-state index is 12.7. The van der Waals surface area contributed by atoms with Crippen LogP contribution in [0.25, 0.3) is 0 Å². The summed E-state index contributed by atoms with van der Waals surface area (Å²) >= 11 is 0. The first-order chi connectivity index (χ1) is 25.0. The van der Waals surface area contributed by atoms with Crippen LogP contribution in [0.1, 0.15) is 206 Å². The average molecular weight is 759 g/mol. The van der Waals surface area contributed by atoms with Gasteiger partial charge in [-0.15, -0.1) is 0 Å². The Hall–Kier alpha value is -0.760. The Labute approximate surface area is 322 Å². The number of allylic oxidation sites excluding steroid dienone is 1. The summed E-state index contributed by atoms with van der Waals surface area (Å²) in [7, 11) is 1.26. The van der Waals surface area contributed by atoms with Gasteiger partial charge in [0.15, 0.2) is 0 Å². The van der Waals surface area contributed by atoms with Crippen molar-refractivity contribution in [1.29, 1.82) is 0 Å². The highest BCUT2D eigenvalue weighted by molar-refractivity contribution is 7.45. The van der Waals surface area contributed by atoms with Crippen LogP contribution in [0.3, 0.4) is 0 Å². The zero-order chi connectivity index (χ0) is 38.6. The number of amides is 1. The molecule has 3 unspecified atom stereocenters. The molecule has 0 saturated heterocycles. The molecule has 2 N–H and O–H groups in total. The second-order valence-electron chi connectivity index (χ2n) is 16.4. The van der Waals surface area contributed by atoms with E-state index in [9.17, 15) is 19.4 Å². The first-order valence-electron chi connectivity index (χ1n) is 22.1. The summed E-state index contributed by atoms with van der Waals surface area (Å²) in [6.07, 6.45) is 40.9. The van der Waals surface area contributed by atoms with E-state index in [4.69, 9.17) is 9.05 Å². The minimum absolute atomic E-state index is 0.000107. The minimum Gasteiger partial charge on any atom is -0.756 e. The van der Waals surface area contributed by atoms with E-state index in [1.54, 1.807) is 6.08 Å². The molecule has 0 aromatic heterocycles. The van der Waals surface area contributed by atoms with Gasteiger partial charge >= 0.3 is 0 Å². The lowest BCUT2D eigenvalue weighted by Crippen LogP contribution is -2.45. The molecule has 0 aliphatic heterocycles. The molecule has 0 rings (SSSR count). The SMILES string of the molecule is CCC/C=C/C(O)C(COP(=O)([O-])OCC[N+](C)(C)C)NC(=O)CCCCCCCCCCCCCCCCCCCCCCCCCCCCC. The predicted molar refractivity (Wildman–Crippen MR) is 219 cm³/mol. The quantitative estimate of drug-likeness (QED) is 0.0279. The maximum Gasteiger partial charge on any atom is 0.268 e. The lowest BCUT2D eigenvalue weighted by Gasteiger charge is -2.29. The van der Waals surface area contributed by atoms with Crippen molar-refractivity contribution >= 4 is 13.7 Å². The number of carbonyl (C=O) groups is 1. The number of hydrogen-bond donors (Lipinski definition) is 2. The fourth-order valence-electron chi connectivity index (χ4n) is 6.45. The second kappa shape index (κ2) is 35.9. The van der Waals surface area contributed by atoms with E-state index in [0.29, 0.717) is 17.4 Å². The van der Waals surface area contributed by atoms with E-state index in [1.807, 2.05) is 34.1 Å². The molecule has 0 fully saturated rings. The molecular weight excluding hydrogens is 671 g/mol. The molecule has 3 atom stereocenters. The topological polar surface area (TPSA) is 108 Å². The van der Waals surface area contributed by atoms with Crippen molar-refractivity contribution in [3.63, 3.8) is 0 Å². The van der Waals surface area contributed by atoms with Gasteiger partial charge in [0, 0.05) is 6.42 Å². The molecule has 0 aromatic rings. The van der Waals surface area contributed by atoms with Crippen molar-refractivity contribution in [2.75, 3.05) is 40.9 Å². The Morgan fingerprint density at radius 3 is 1.40 bits per heavy atom. The number of phosphoric acid groups is 1. The summed E-state index contributed by atoms with van der Waals surface area (Å²) in [6.45, 7) is 4.44. The number of carbonyl (C=O) groups excluding carboxylic acids is 1. The van der Waals surface area contributed by atoms with E-state index >= 15 is 0 Å². The van der Waals surface area contributed by atoms with Gasteiger partial charge in [0.1, 0.15) is 13.2 Å². The fourth-order valence-corrected chi connectivity index (χ4v) is 7.18. The molecular formula is C43H87N2O6P. The standard InChI is InChI=1S/C43H87N2O6P/c1-6-8-10-11-12-13-14-15-16-17-18-19-20-21-22-23-24-25-26-27-28-29-30-31-32-33-35-37-43(47)44-41(42(46)36-34-9-7-2)40-51-52(48,49)50-39-38-45(3,4)5/h34,36,41-42,46H,6-33,35,37-40H2,1-5H3,(H-,44,47,48,49)/b36-34+. The summed E-state index contributed by atoms with van der Waals surface area (Å²) in [6, 6.07) is -0.876. The average Bonchev–Trinajstić information content (AvgIpc) is 3.09. The Morgan fingerprint density at radius 2 is 1.04 bits per heavy atom. The van der Waals surface area contributed by atoms with Crippen LogP contribution in [0.15, 0.2) is 12.2 Å². The summed E-state index contributed by atoms with van der Waals surface area (Å²) < 4.78 is 22.8. The number of aliphatic hydroxyl groups is 1. The van der Waals surface area contributed by atoms with Crippen LogP contribution >= 0.6 is 7.82 Å². The Kier molecular flexibility index (Phi) is 35.4. The highest BCUT2D eigenvalue weighted by atomic mass is 31.2. The lowest BCUT2D eigenvalue weighted by molar-refractivity contribution is -0.870. The number of aliphatic hydroxyl groups excluding tert-OH is 1. The van der Waals surface area contributed by atoms with Gasteiger partial charge < -0.3 is 28.8 Å². The molecule has 0 spiro atoms. The third-order valence-corrected chi connectivity index (χ3v) is 10.9. The number of phosphoric ester groups is 1. The molecule has 0 aliphatic rings. The van der Waals surface area contributed by atoms with Crippen LogP contribution < -0.4 is 10.2 Å². The monoisotopic (exact) mass is 759 g/mol. The zero-order valence-electron chi connectivity index (χ0n) is 35.0. The van der Waals surface area contributed by atoms with Gasteiger partial charge in [-0.1, -0.05) is 199 Å². The Bertz CT molecular complexity index is 865. The van der Waals surface area contributed by atoms with E-state index in [2.05, 4.69) is 12.2 Å². The van der Waals surface area contributed by atoms with Crippen molar-refractivity contribution in [3.8, 4) is 0 Å². The van der Waals surface area contributed by atoms with Crippen molar-refractivity contribution in [3.05, 3.63) is 12.2 Å². The number of nitrogens with zero attached hydrogens (tertiary/aromatic N) is 1. The van der Waals surface area contributed by atoms with Crippen LogP contribution in [0, 0.1) is 0 Å². The van der Waals surface area contributed by atoms with Gasteiger partial charge in [0.25, 0.3) is 7.82 Å². The largest absolute Gasteiger partial charge is 0.756 e. The number of rotatable bonds is 40. The van der Waals surface area contributed by atoms with Gasteiger partial charge in [-0.05, 0) is 12.8 Å². The minimum atomic E-state index is -4.56. The van der Waals surface area contributed by atoms with Crippen molar-refractivity contribution < 1.29 is 32.9 Å². The van der Waals surface area contributed by atoms with Crippen LogP contribution in [-0.2, 0) is 18.4 Å². The zero-order valence-corrected chi connectivity index (χ0v) is 35.9. The molecule has 9 heteroatoms. The molecule has 8 nitrogen and oxygen atoms in total. The van der Waals surface area contributed by atoms with Gasteiger partial charge in [0.05, 0.1) is 39.9 Å².